The molecule has 0 amide bonds. The molecule has 2 aromatic rings. The molecule has 0 atom stereocenters. The first-order chi connectivity index (χ1) is 8.98. The van der Waals surface area contributed by atoms with Crippen molar-refractivity contribution in [2.45, 2.75) is 18.0 Å². The van der Waals surface area contributed by atoms with E-state index in [4.69, 9.17) is 0 Å². The van der Waals surface area contributed by atoms with Gasteiger partial charge < -0.3 is 4.57 Å². The predicted molar refractivity (Wildman–Crippen MR) is 68.0 cm³/mol. The molecular weight excluding hydrogens is 266 g/mol. The number of sulfonamides is 1. The van der Waals surface area contributed by atoms with Crippen LogP contribution in [0.4, 0.5) is 0 Å². The first-order valence-corrected chi connectivity index (χ1v) is 7.42. The Balaban J connectivity index is 1.77. The van der Waals surface area contributed by atoms with Gasteiger partial charge in [-0.1, -0.05) is 0 Å². The van der Waals surface area contributed by atoms with Crippen LogP contribution in [-0.4, -0.2) is 45.1 Å². The molecule has 0 bridgehead atoms. The molecule has 3 heterocycles. The van der Waals surface area contributed by atoms with E-state index in [-0.39, 0.29) is 11.1 Å². The Morgan fingerprint density at radius 3 is 2.63 bits per heavy atom. The molecule has 0 radical (unpaired) electrons. The summed E-state index contributed by atoms with van der Waals surface area (Å²) in [4.78, 5) is 4.08. The van der Waals surface area contributed by atoms with Crippen molar-refractivity contribution >= 4 is 10.0 Å². The summed E-state index contributed by atoms with van der Waals surface area (Å²) in [5, 5.41) is 4.24. The molecule has 2 aromatic heterocycles. The minimum absolute atomic E-state index is 0.117. The maximum Gasteiger partial charge on any atom is 0.262 e. The van der Waals surface area contributed by atoms with Crippen molar-refractivity contribution in [3.63, 3.8) is 0 Å². The SMILES string of the molecule is Cc1nc(S(=O)(=O)N2CC(n3cccn3)C2)cn1C. The molecule has 0 aliphatic carbocycles. The average Bonchev–Trinajstić information content (AvgIpc) is 2.88. The van der Waals surface area contributed by atoms with Crippen LogP contribution in [-0.2, 0) is 17.1 Å². The maximum atomic E-state index is 12.3. The molecular formula is C11H15N5O2S. The van der Waals surface area contributed by atoms with Crippen molar-refractivity contribution < 1.29 is 8.42 Å². The Labute approximate surface area is 111 Å². The lowest BCUT2D eigenvalue weighted by molar-refractivity contribution is 0.191. The van der Waals surface area contributed by atoms with Gasteiger partial charge in [0.05, 0.1) is 6.04 Å². The van der Waals surface area contributed by atoms with Crippen molar-refractivity contribution in [3.05, 3.63) is 30.5 Å². The lowest BCUT2D eigenvalue weighted by atomic mass is 10.2. The fourth-order valence-corrected chi connectivity index (χ4v) is 3.60. The molecule has 102 valence electrons. The zero-order valence-corrected chi connectivity index (χ0v) is 11.6. The molecule has 0 unspecified atom stereocenters. The molecule has 1 fully saturated rings. The van der Waals surface area contributed by atoms with E-state index in [9.17, 15) is 8.42 Å². The van der Waals surface area contributed by atoms with Crippen LogP contribution in [0.2, 0.25) is 0 Å². The lowest BCUT2D eigenvalue weighted by Crippen LogP contribution is -2.50. The van der Waals surface area contributed by atoms with Crippen LogP contribution in [0.3, 0.4) is 0 Å². The second-order valence-electron chi connectivity index (χ2n) is 4.70. The highest BCUT2D eigenvalue weighted by Crippen LogP contribution is 2.27. The highest BCUT2D eigenvalue weighted by atomic mass is 32.2. The minimum atomic E-state index is -3.47. The van der Waals surface area contributed by atoms with Crippen LogP contribution >= 0.6 is 0 Å². The topological polar surface area (TPSA) is 73.0 Å². The summed E-state index contributed by atoms with van der Waals surface area (Å²) in [6.45, 7) is 2.67. The van der Waals surface area contributed by atoms with Crippen molar-refractivity contribution in [2.75, 3.05) is 13.1 Å². The van der Waals surface area contributed by atoms with Gasteiger partial charge in [-0.25, -0.2) is 13.4 Å². The Morgan fingerprint density at radius 1 is 1.37 bits per heavy atom. The number of aromatic nitrogens is 4. The standard InChI is InChI=1S/C11H15N5O2S/c1-9-13-11(8-14(9)2)19(17,18)15-6-10(7-15)16-5-3-4-12-16/h3-5,8,10H,6-7H2,1-2H3. The van der Waals surface area contributed by atoms with Gasteiger partial charge in [-0.3, -0.25) is 4.68 Å². The van der Waals surface area contributed by atoms with Gasteiger partial charge in [-0.2, -0.15) is 9.40 Å². The van der Waals surface area contributed by atoms with Crippen molar-refractivity contribution in [2.24, 2.45) is 7.05 Å². The highest BCUT2D eigenvalue weighted by molar-refractivity contribution is 7.89. The van der Waals surface area contributed by atoms with Crippen LogP contribution in [0.1, 0.15) is 11.9 Å². The average molecular weight is 281 g/mol. The van der Waals surface area contributed by atoms with E-state index in [0.717, 1.165) is 0 Å². The largest absolute Gasteiger partial charge is 0.337 e. The third kappa shape index (κ3) is 1.96. The van der Waals surface area contributed by atoms with E-state index in [0.29, 0.717) is 18.9 Å². The fourth-order valence-electron chi connectivity index (χ4n) is 2.06. The first-order valence-electron chi connectivity index (χ1n) is 5.98. The molecule has 0 spiro atoms. The van der Waals surface area contributed by atoms with Crippen LogP contribution in [0.5, 0.6) is 0 Å². The summed E-state index contributed by atoms with van der Waals surface area (Å²) in [5.74, 6) is 0.683. The molecule has 1 aliphatic heterocycles. The zero-order chi connectivity index (χ0) is 13.6. The van der Waals surface area contributed by atoms with Gasteiger partial charge in [0.1, 0.15) is 5.82 Å². The molecule has 3 rings (SSSR count). The van der Waals surface area contributed by atoms with Gasteiger partial charge in [0.15, 0.2) is 5.03 Å². The monoisotopic (exact) mass is 281 g/mol. The molecule has 0 saturated carbocycles. The van der Waals surface area contributed by atoms with Crippen molar-refractivity contribution in [3.8, 4) is 0 Å². The van der Waals surface area contributed by atoms with Crippen molar-refractivity contribution in [1.29, 1.82) is 0 Å². The summed E-state index contributed by atoms with van der Waals surface area (Å²) < 4.78 is 29.6. The van der Waals surface area contributed by atoms with E-state index in [2.05, 4.69) is 10.1 Å². The quantitative estimate of drug-likeness (QED) is 0.804. The van der Waals surface area contributed by atoms with Gasteiger partial charge in [-0.15, -0.1) is 0 Å². The third-order valence-corrected chi connectivity index (χ3v) is 5.12. The predicted octanol–water partition coefficient (Wildman–Crippen LogP) is 0.171. The normalized spacial score (nSPS) is 17.6. The zero-order valence-electron chi connectivity index (χ0n) is 10.8. The summed E-state index contributed by atoms with van der Waals surface area (Å²) in [5.41, 5.74) is 0. The third-order valence-electron chi connectivity index (χ3n) is 3.42. The van der Waals surface area contributed by atoms with Gasteiger partial charge in [0, 0.05) is 38.7 Å². The minimum Gasteiger partial charge on any atom is -0.337 e. The van der Waals surface area contributed by atoms with Crippen LogP contribution in [0.25, 0.3) is 0 Å². The first kappa shape index (κ1) is 12.4. The summed E-state index contributed by atoms with van der Waals surface area (Å²) in [6, 6.07) is 1.95. The number of nitrogens with zero attached hydrogens (tertiary/aromatic N) is 5. The van der Waals surface area contributed by atoms with E-state index >= 15 is 0 Å². The van der Waals surface area contributed by atoms with Crippen molar-refractivity contribution in [1.82, 2.24) is 23.6 Å². The molecule has 0 N–H and O–H groups in total. The lowest BCUT2D eigenvalue weighted by Gasteiger charge is -2.37. The molecule has 0 aromatic carbocycles. The maximum absolute atomic E-state index is 12.3. The van der Waals surface area contributed by atoms with Crippen LogP contribution in [0.15, 0.2) is 29.7 Å². The highest BCUT2D eigenvalue weighted by Gasteiger charge is 2.39. The van der Waals surface area contributed by atoms with Crippen LogP contribution < -0.4 is 0 Å². The molecule has 7 nitrogen and oxygen atoms in total. The van der Waals surface area contributed by atoms with Gasteiger partial charge in [-0.05, 0) is 13.0 Å². The van der Waals surface area contributed by atoms with E-state index in [1.807, 2.05) is 12.3 Å². The number of imidazole rings is 1. The molecule has 8 heteroatoms. The summed E-state index contributed by atoms with van der Waals surface area (Å²) >= 11 is 0. The number of hydrogen-bond acceptors (Lipinski definition) is 4. The fraction of sp³-hybridized carbons (Fsp3) is 0.455. The second kappa shape index (κ2) is 4.17. The van der Waals surface area contributed by atoms with E-state index < -0.39 is 10.0 Å². The summed E-state index contributed by atoms with van der Waals surface area (Å²) in [7, 11) is -1.69. The Kier molecular flexibility index (Phi) is 2.72. The van der Waals surface area contributed by atoms with Gasteiger partial charge in [0.25, 0.3) is 10.0 Å². The Morgan fingerprint density at radius 2 is 2.11 bits per heavy atom. The Bertz CT molecular complexity index is 663. The molecule has 1 saturated heterocycles. The van der Waals surface area contributed by atoms with Gasteiger partial charge in [0.2, 0.25) is 0 Å². The van der Waals surface area contributed by atoms with E-state index in [1.54, 1.807) is 35.6 Å². The van der Waals surface area contributed by atoms with Gasteiger partial charge >= 0.3 is 0 Å². The Hall–Kier alpha value is -1.67. The smallest absolute Gasteiger partial charge is 0.262 e. The summed E-state index contributed by atoms with van der Waals surface area (Å²) in [6.07, 6.45) is 5.09. The van der Waals surface area contributed by atoms with Crippen LogP contribution in [0, 0.1) is 6.92 Å². The number of aryl methyl sites for hydroxylation is 2. The second-order valence-corrected chi connectivity index (χ2v) is 6.58. The van der Waals surface area contributed by atoms with E-state index in [1.165, 1.54) is 4.31 Å². The molecule has 19 heavy (non-hydrogen) atoms. The molecule has 1 aliphatic rings. The number of hydrogen-bond donors (Lipinski definition) is 0. The number of rotatable bonds is 3.